The molecular weight excluding hydrogens is 639 g/mol. The molecule has 3 aromatic heterocycles. The maximum atomic E-state index is 12.8. The maximum absolute atomic E-state index is 12.8. The number of ketones is 1. The number of fused-ring (bicyclic) bond motifs is 1. The first-order valence-corrected chi connectivity index (χ1v) is 8.97. The Morgan fingerprint density at radius 2 is 1.52 bits per heavy atom. The van der Waals surface area contributed by atoms with Crippen molar-refractivity contribution in [3.05, 3.63) is 48.9 Å². The summed E-state index contributed by atoms with van der Waals surface area (Å²) in [6.45, 7) is 0. The molecule has 0 aliphatic rings. The lowest BCUT2D eigenvalue weighted by Crippen LogP contribution is -2.25. The van der Waals surface area contributed by atoms with Crippen LogP contribution in [0.1, 0.15) is 23.5 Å². The van der Waals surface area contributed by atoms with E-state index < -0.39 is 35.3 Å². The molecule has 0 aliphatic heterocycles. The first-order chi connectivity index (χ1) is 12.8. The minimum atomic E-state index is -5.08. The number of halogens is 9. The number of Topliss-reactive ketones (excluding diaryl/α,β-unsaturated/α-hetero) is 1. The highest BCUT2D eigenvalue weighted by Gasteiger charge is 2.42. The van der Waals surface area contributed by atoms with Gasteiger partial charge in [-0.05, 0) is 57.3 Å². The van der Waals surface area contributed by atoms with Crippen molar-refractivity contribution in [3.8, 4) is 0 Å². The molecule has 3 rings (SSSR count). The van der Waals surface area contributed by atoms with E-state index in [0.29, 0.717) is 3.57 Å². The molecule has 0 radical (unpaired) electrons. The van der Waals surface area contributed by atoms with Gasteiger partial charge in [0.25, 0.3) is 5.78 Å². The Balaban J connectivity index is 0.000000280. The number of hydrogen-bond acceptors (Lipinski definition) is 4. The Bertz CT molecular complexity index is 998. The minimum Gasteiger partial charge on any atom is -0.284 e. The molecule has 0 aromatic carbocycles. The minimum absolute atomic E-state index is 0. The summed E-state index contributed by atoms with van der Waals surface area (Å²) < 4.78 is 86.3. The van der Waals surface area contributed by atoms with Gasteiger partial charge in [0.2, 0.25) is 5.95 Å². The lowest BCUT2D eigenvalue weighted by Gasteiger charge is -2.06. The van der Waals surface area contributed by atoms with Crippen LogP contribution in [0.2, 0.25) is 0 Å². The Morgan fingerprint density at radius 3 is 2.03 bits per heavy atom. The van der Waals surface area contributed by atoms with Crippen molar-refractivity contribution >= 4 is 62.0 Å². The van der Waals surface area contributed by atoms with Crippen LogP contribution in [0.4, 0.5) is 30.7 Å². The van der Waals surface area contributed by atoms with E-state index in [0.717, 1.165) is 12.3 Å². The highest BCUT2D eigenvalue weighted by atomic mass is 127. The molecule has 29 heavy (non-hydrogen) atoms. The van der Waals surface area contributed by atoms with E-state index in [9.17, 15) is 35.5 Å². The molecule has 0 atom stereocenters. The Hall–Kier alpha value is -1.59. The lowest BCUT2D eigenvalue weighted by atomic mass is 10.2. The molecule has 3 heterocycles. The summed E-state index contributed by atoms with van der Waals surface area (Å²) in [6, 6.07) is 2.64. The van der Waals surface area contributed by atoms with Crippen LogP contribution in [0.3, 0.4) is 0 Å². The fraction of sp³-hybridized carbons (Fsp3) is 0.200. The van der Waals surface area contributed by atoms with Gasteiger partial charge in [-0.2, -0.15) is 35.8 Å². The molecule has 158 valence electrons. The quantitative estimate of drug-likeness (QED) is 0.157. The van der Waals surface area contributed by atoms with E-state index in [1.165, 1.54) is 34.9 Å². The molecule has 0 fully saturated rings. The molecule has 5 nitrogen and oxygen atoms in total. The van der Waals surface area contributed by atoms with Gasteiger partial charge in [0.15, 0.2) is 5.65 Å². The van der Waals surface area contributed by atoms with Crippen LogP contribution in [0.5, 0.6) is 0 Å². The molecule has 0 amide bonds. The van der Waals surface area contributed by atoms with Crippen molar-refractivity contribution in [2.24, 2.45) is 0 Å². The molecule has 0 saturated heterocycles. The first-order valence-electron chi connectivity index (χ1n) is 6.81. The van der Waals surface area contributed by atoms with Crippen LogP contribution in [-0.4, -0.2) is 32.1 Å². The van der Waals surface area contributed by atoms with E-state index in [-0.39, 0.29) is 22.0 Å². The Morgan fingerprint density at radius 1 is 0.966 bits per heavy atom. The van der Waals surface area contributed by atoms with Gasteiger partial charge in [0.05, 0.1) is 10.9 Å². The van der Waals surface area contributed by atoms with Gasteiger partial charge in [-0.1, -0.05) is 7.43 Å². The number of nitrogens with zero attached hydrogens (tertiary/aromatic N) is 3. The smallest absolute Gasteiger partial charge is 0.284 e. The molecule has 3 aromatic rings. The summed E-state index contributed by atoms with van der Waals surface area (Å²) in [7, 11) is 0. The van der Waals surface area contributed by atoms with Crippen molar-refractivity contribution in [3.63, 3.8) is 0 Å². The van der Waals surface area contributed by atoms with Crippen LogP contribution < -0.4 is 0 Å². The molecule has 0 spiro atoms. The molecule has 14 heteroatoms. The molecule has 0 aliphatic carbocycles. The van der Waals surface area contributed by atoms with E-state index in [1.54, 1.807) is 0 Å². The van der Waals surface area contributed by atoms with Crippen molar-refractivity contribution < 1.29 is 35.5 Å². The third-order valence-corrected chi connectivity index (χ3v) is 4.82. The number of rotatable bonds is 1. The molecular formula is C15H9F7I2N4O. The van der Waals surface area contributed by atoms with E-state index >= 15 is 0 Å². The van der Waals surface area contributed by atoms with Crippen molar-refractivity contribution in [1.82, 2.24) is 20.2 Å². The fourth-order valence-electron chi connectivity index (χ4n) is 1.87. The number of hydrogen-bond donors (Lipinski definition) is 1. The SMILES string of the molecule is C.FC(F)(F)c1[nH]nc2nccc(I)c12.O=C(c1c(I)ccnc1F)C(F)(F)F. The number of pyridine rings is 2. The van der Waals surface area contributed by atoms with Gasteiger partial charge in [-0.15, -0.1) is 0 Å². The zero-order chi connectivity index (χ0) is 21.3. The van der Waals surface area contributed by atoms with E-state index in [2.05, 4.69) is 15.1 Å². The van der Waals surface area contributed by atoms with Crippen LogP contribution >= 0.6 is 45.2 Å². The Kier molecular flexibility index (Phi) is 8.32. The molecule has 0 saturated carbocycles. The second kappa shape index (κ2) is 9.48. The van der Waals surface area contributed by atoms with Gasteiger partial charge in [-0.25, -0.2) is 9.97 Å². The predicted molar refractivity (Wildman–Crippen MR) is 106 cm³/mol. The molecule has 0 bridgehead atoms. The van der Waals surface area contributed by atoms with E-state index in [1.807, 2.05) is 27.7 Å². The van der Waals surface area contributed by atoms with Gasteiger partial charge < -0.3 is 0 Å². The summed E-state index contributed by atoms with van der Waals surface area (Å²) in [5.41, 5.74) is -1.78. The predicted octanol–water partition coefficient (Wildman–Crippen LogP) is 5.79. The van der Waals surface area contributed by atoms with E-state index in [4.69, 9.17) is 0 Å². The fourth-order valence-corrected chi connectivity index (χ4v) is 3.17. The number of carbonyl (C=O) groups excluding carboxylic acids is 1. The van der Waals surface area contributed by atoms with Crippen LogP contribution in [0.15, 0.2) is 24.5 Å². The maximum Gasteiger partial charge on any atom is 0.455 e. The number of aromatic nitrogens is 4. The summed E-state index contributed by atoms with van der Waals surface area (Å²) in [5.74, 6) is -3.62. The van der Waals surface area contributed by atoms with Crippen LogP contribution in [0.25, 0.3) is 11.0 Å². The second-order valence-electron chi connectivity index (χ2n) is 4.87. The first kappa shape index (κ1) is 25.4. The van der Waals surface area contributed by atoms with Crippen molar-refractivity contribution in [2.75, 3.05) is 0 Å². The summed E-state index contributed by atoms with van der Waals surface area (Å²) in [5, 5.41) is 5.47. The van der Waals surface area contributed by atoms with Gasteiger partial charge >= 0.3 is 12.4 Å². The lowest BCUT2D eigenvalue weighted by molar-refractivity contribution is -0.140. The van der Waals surface area contributed by atoms with Crippen LogP contribution in [0, 0.1) is 13.1 Å². The average Bonchev–Trinajstić information content (AvgIpc) is 3.00. The second-order valence-corrected chi connectivity index (χ2v) is 7.20. The topological polar surface area (TPSA) is 71.5 Å². The summed E-state index contributed by atoms with van der Waals surface area (Å²) in [4.78, 5) is 17.4. The highest BCUT2D eigenvalue weighted by Crippen LogP contribution is 2.34. The largest absolute Gasteiger partial charge is 0.455 e. The van der Waals surface area contributed by atoms with Crippen molar-refractivity contribution in [1.29, 1.82) is 0 Å². The van der Waals surface area contributed by atoms with Crippen molar-refractivity contribution in [2.45, 2.75) is 19.8 Å². The number of nitrogens with one attached hydrogen (secondary N) is 1. The van der Waals surface area contributed by atoms with Gasteiger partial charge in [0.1, 0.15) is 5.69 Å². The normalized spacial score (nSPS) is 11.5. The van der Waals surface area contributed by atoms with Gasteiger partial charge in [-0.3, -0.25) is 9.89 Å². The molecule has 0 unspecified atom stereocenters. The van der Waals surface area contributed by atoms with Gasteiger partial charge in [0, 0.05) is 19.5 Å². The Labute approximate surface area is 185 Å². The molecule has 1 N–H and O–H groups in total. The van der Waals surface area contributed by atoms with Crippen LogP contribution in [-0.2, 0) is 6.18 Å². The number of carbonyl (C=O) groups is 1. The summed E-state index contributed by atoms with van der Waals surface area (Å²) >= 11 is 3.26. The zero-order valence-corrected chi connectivity index (χ0v) is 17.3. The zero-order valence-electron chi connectivity index (χ0n) is 13.0. The monoisotopic (exact) mass is 648 g/mol. The standard InChI is InChI=1S/C7H2F4INO.C7H3F3IN3.CH4/c8-6-4(3(12)1-2-13-6)5(14)7(9,10)11;8-7(9,10)5-4-3(11)1-2-12-6(4)14-13-5;/h1-2H;1-2H,(H,12,13,14);1H4. The number of H-pyrrole nitrogens is 1. The third-order valence-electron chi connectivity index (χ3n) is 3.03. The summed E-state index contributed by atoms with van der Waals surface area (Å²) in [6.07, 6.45) is -7.09. The third kappa shape index (κ3) is 5.95. The highest BCUT2D eigenvalue weighted by molar-refractivity contribution is 14.1. The number of alkyl halides is 6. The number of aromatic amines is 1. The average molecular weight is 648 g/mol.